The molecule has 1 atom stereocenters. The van der Waals surface area contributed by atoms with Crippen LogP contribution in [0.3, 0.4) is 0 Å². The Labute approximate surface area is 182 Å². The number of aliphatic carboxylic acids is 1. The number of hydrogen-bond donors (Lipinski definition) is 2. The second-order valence-corrected chi connectivity index (χ2v) is 7.84. The Bertz CT molecular complexity index is 1080. The molecule has 0 amide bonds. The van der Waals surface area contributed by atoms with E-state index in [1.165, 1.54) is 36.4 Å². The first-order valence-electron chi connectivity index (χ1n) is 9.11. The molecule has 7 heteroatoms. The van der Waals surface area contributed by atoms with Gasteiger partial charge in [-0.05, 0) is 52.6 Å². The van der Waals surface area contributed by atoms with Crippen molar-refractivity contribution in [2.24, 2.45) is 0 Å². The minimum Gasteiger partial charge on any atom is -0.508 e. The van der Waals surface area contributed by atoms with E-state index in [-0.39, 0.29) is 39.8 Å². The second-order valence-electron chi connectivity index (χ2n) is 7.03. The lowest BCUT2D eigenvalue weighted by Gasteiger charge is -2.18. The summed E-state index contributed by atoms with van der Waals surface area (Å²) in [6.45, 7) is 1.72. The van der Waals surface area contributed by atoms with Crippen molar-refractivity contribution in [2.75, 3.05) is 0 Å². The van der Waals surface area contributed by atoms with E-state index in [9.17, 15) is 14.3 Å². The molecule has 0 radical (unpaired) electrons. The maximum atomic E-state index is 15.4. The molecule has 0 fully saturated rings. The maximum Gasteiger partial charge on any atom is 0.307 e. The fraction of sp³-hybridized carbons (Fsp3) is 0.174. The number of halogens is 4. The molecule has 0 aliphatic rings. The molecule has 3 rings (SSSR count). The van der Waals surface area contributed by atoms with Gasteiger partial charge in [-0.25, -0.2) is 8.78 Å². The first-order valence-corrected chi connectivity index (χ1v) is 9.87. The van der Waals surface area contributed by atoms with Crippen LogP contribution in [0.25, 0.3) is 0 Å². The van der Waals surface area contributed by atoms with E-state index in [1.807, 2.05) is 0 Å². The Morgan fingerprint density at radius 3 is 2.20 bits per heavy atom. The lowest BCUT2D eigenvalue weighted by atomic mass is 9.89. The fourth-order valence-electron chi connectivity index (χ4n) is 3.39. The van der Waals surface area contributed by atoms with E-state index >= 15 is 4.39 Å². The van der Waals surface area contributed by atoms with Crippen molar-refractivity contribution in [1.29, 1.82) is 0 Å². The molecule has 0 spiro atoms. The van der Waals surface area contributed by atoms with Gasteiger partial charge in [-0.15, -0.1) is 0 Å². The number of benzene rings is 3. The zero-order chi connectivity index (χ0) is 22.0. The first-order chi connectivity index (χ1) is 14.2. The van der Waals surface area contributed by atoms with E-state index in [2.05, 4.69) is 0 Å². The summed E-state index contributed by atoms with van der Waals surface area (Å²) in [4.78, 5) is 10.9. The molecular formula is C23H18Cl2F2O3. The molecule has 3 nitrogen and oxygen atoms in total. The van der Waals surface area contributed by atoms with Gasteiger partial charge in [0.1, 0.15) is 17.4 Å². The quantitative estimate of drug-likeness (QED) is 0.460. The highest BCUT2D eigenvalue weighted by Gasteiger charge is 2.22. The molecule has 0 aliphatic carbocycles. The van der Waals surface area contributed by atoms with Crippen LogP contribution in [-0.4, -0.2) is 16.2 Å². The largest absolute Gasteiger partial charge is 0.508 e. The molecule has 3 aromatic carbocycles. The second kappa shape index (κ2) is 9.02. The fourth-order valence-corrected chi connectivity index (χ4v) is 4.05. The minimum absolute atomic E-state index is 0.0558. The van der Waals surface area contributed by atoms with Crippen LogP contribution >= 0.6 is 23.2 Å². The van der Waals surface area contributed by atoms with Gasteiger partial charge in [0, 0.05) is 27.9 Å². The topological polar surface area (TPSA) is 57.5 Å². The summed E-state index contributed by atoms with van der Waals surface area (Å²) in [7, 11) is 0. The summed E-state index contributed by atoms with van der Waals surface area (Å²) in [5.41, 5.74) is 1.91. The standard InChI is InChI=1S/C23H18Cl2F2O3/c1-12(14-2-5-16(26)6-3-14)22-20(28)7-4-15(23(22)27)11-17-18(24)8-13(9-19(17)25)10-21(29)30/h2-9,12,28H,10-11H2,1H3,(H,29,30). The lowest BCUT2D eigenvalue weighted by molar-refractivity contribution is -0.136. The Morgan fingerprint density at radius 2 is 1.63 bits per heavy atom. The molecule has 156 valence electrons. The van der Waals surface area contributed by atoms with Crippen LogP contribution < -0.4 is 0 Å². The Hall–Kier alpha value is -2.63. The first kappa shape index (κ1) is 22.1. The van der Waals surface area contributed by atoms with Gasteiger partial charge in [0.2, 0.25) is 0 Å². The molecule has 2 N–H and O–H groups in total. The average molecular weight is 451 g/mol. The van der Waals surface area contributed by atoms with Crippen LogP contribution in [0.5, 0.6) is 5.75 Å². The lowest BCUT2D eigenvalue weighted by Crippen LogP contribution is -2.05. The van der Waals surface area contributed by atoms with E-state index < -0.39 is 23.5 Å². The van der Waals surface area contributed by atoms with Gasteiger partial charge in [0.25, 0.3) is 0 Å². The van der Waals surface area contributed by atoms with Gasteiger partial charge in [-0.3, -0.25) is 4.79 Å². The van der Waals surface area contributed by atoms with E-state index in [1.54, 1.807) is 19.1 Å². The summed E-state index contributed by atoms with van der Waals surface area (Å²) in [6, 6.07) is 11.5. The van der Waals surface area contributed by atoms with E-state index in [4.69, 9.17) is 28.3 Å². The number of hydrogen-bond acceptors (Lipinski definition) is 2. The summed E-state index contributed by atoms with van der Waals surface area (Å²) < 4.78 is 28.6. The monoisotopic (exact) mass is 450 g/mol. The van der Waals surface area contributed by atoms with Gasteiger partial charge in [-0.2, -0.15) is 0 Å². The van der Waals surface area contributed by atoms with Crippen molar-refractivity contribution in [1.82, 2.24) is 0 Å². The van der Waals surface area contributed by atoms with Crippen molar-refractivity contribution < 1.29 is 23.8 Å². The highest BCUT2D eigenvalue weighted by molar-refractivity contribution is 6.36. The Morgan fingerprint density at radius 1 is 1.03 bits per heavy atom. The van der Waals surface area contributed by atoms with Crippen molar-refractivity contribution in [2.45, 2.75) is 25.7 Å². The summed E-state index contributed by atoms with van der Waals surface area (Å²) in [5, 5.41) is 19.7. The molecular weight excluding hydrogens is 433 g/mol. The van der Waals surface area contributed by atoms with Crippen LogP contribution in [0.4, 0.5) is 8.78 Å². The van der Waals surface area contributed by atoms with Crippen LogP contribution in [-0.2, 0) is 17.6 Å². The van der Waals surface area contributed by atoms with Gasteiger partial charge in [0.05, 0.1) is 6.42 Å². The number of phenolic OH excluding ortho intramolecular Hbond substituents is 1. The van der Waals surface area contributed by atoms with Crippen LogP contribution in [0, 0.1) is 11.6 Å². The van der Waals surface area contributed by atoms with Crippen LogP contribution in [0.15, 0.2) is 48.5 Å². The Balaban J connectivity index is 1.98. The molecule has 0 heterocycles. The molecule has 30 heavy (non-hydrogen) atoms. The number of phenols is 1. The summed E-state index contributed by atoms with van der Waals surface area (Å²) >= 11 is 12.6. The molecule has 0 aromatic heterocycles. The molecule has 1 unspecified atom stereocenters. The molecule has 3 aromatic rings. The number of carboxylic acids is 1. The SMILES string of the molecule is CC(c1ccc(F)cc1)c1c(O)ccc(Cc2c(Cl)cc(CC(=O)O)cc2Cl)c1F. The zero-order valence-electron chi connectivity index (χ0n) is 15.9. The van der Waals surface area contributed by atoms with Gasteiger partial charge < -0.3 is 10.2 Å². The third kappa shape index (κ3) is 4.74. The van der Waals surface area contributed by atoms with Crippen molar-refractivity contribution in [3.8, 4) is 5.75 Å². The normalized spacial score (nSPS) is 12.0. The predicted molar refractivity (Wildman–Crippen MR) is 113 cm³/mol. The van der Waals surface area contributed by atoms with Gasteiger partial charge >= 0.3 is 5.97 Å². The van der Waals surface area contributed by atoms with E-state index in [0.29, 0.717) is 16.7 Å². The third-order valence-corrected chi connectivity index (χ3v) is 5.64. The number of rotatable bonds is 6. The van der Waals surface area contributed by atoms with E-state index in [0.717, 1.165) is 0 Å². The van der Waals surface area contributed by atoms with Crippen molar-refractivity contribution in [3.05, 3.63) is 98.0 Å². The molecule has 0 saturated heterocycles. The van der Waals surface area contributed by atoms with Gasteiger partial charge in [0.15, 0.2) is 0 Å². The zero-order valence-corrected chi connectivity index (χ0v) is 17.4. The van der Waals surface area contributed by atoms with Crippen LogP contribution in [0.2, 0.25) is 10.0 Å². The summed E-state index contributed by atoms with van der Waals surface area (Å²) in [6.07, 6.45) is -0.174. The summed E-state index contributed by atoms with van der Waals surface area (Å²) in [5.74, 6) is -2.75. The average Bonchev–Trinajstić information content (AvgIpc) is 2.66. The number of aromatic hydroxyl groups is 1. The Kier molecular flexibility index (Phi) is 6.64. The molecule has 0 saturated carbocycles. The smallest absolute Gasteiger partial charge is 0.307 e. The molecule has 0 aliphatic heterocycles. The maximum absolute atomic E-state index is 15.4. The third-order valence-electron chi connectivity index (χ3n) is 4.96. The minimum atomic E-state index is -1.01. The van der Waals surface area contributed by atoms with Crippen molar-refractivity contribution in [3.63, 3.8) is 0 Å². The predicted octanol–water partition coefficient (Wildman–Crippen LogP) is 6.35. The number of carboxylic acid groups (broad SMARTS) is 1. The highest BCUT2D eigenvalue weighted by atomic mass is 35.5. The van der Waals surface area contributed by atoms with Crippen LogP contribution in [0.1, 0.15) is 40.7 Å². The highest BCUT2D eigenvalue weighted by Crippen LogP contribution is 2.37. The number of carbonyl (C=O) groups is 1. The van der Waals surface area contributed by atoms with Gasteiger partial charge in [-0.1, -0.05) is 48.3 Å². The molecule has 0 bridgehead atoms. The van der Waals surface area contributed by atoms with Crippen molar-refractivity contribution >= 4 is 29.2 Å².